The first-order valence-electron chi connectivity index (χ1n) is 5.04. The average Bonchev–Trinajstić information content (AvgIpc) is 2.10. The molecule has 1 atom stereocenters. The third-order valence-electron chi connectivity index (χ3n) is 1.55. The molecule has 0 saturated heterocycles. The fraction of sp³-hybridized carbons (Fsp3) is 0.700. The zero-order valence-electron chi connectivity index (χ0n) is 10.1. The molecule has 0 amide bonds. The van der Waals surface area contributed by atoms with E-state index in [0.717, 1.165) is 0 Å². The van der Waals surface area contributed by atoms with Gasteiger partial charge in [-0.2, -0.15) is 0 Å². The average molecular weight is 247 g/mol. The van der Waals surface area contributed by atoms with Gasteiger partial charge < -0.3 is 20.3 Å². The summed E-state index contributed by atoms with van der Waals surface area (Å²) in [5, 5.41) is 8.38. The number of hydrogen-bond acceptors (Lipinski definition) is 6. The molecular weight excluding hydrogens is 230 g/mol. The van der Waals surface area contributed by atoms with Crippen LogP contribution in [0.25, 0.3) is 0 Å². The molecule has 7 heteroatoms. The van der Waals surface area contributed by atoms with E-state index in [4.69, 9.17) is 15.6 Å². The summed E-state index contributed by atoms with van der Waals surface area (Å²) in [7, 11) is 0. The van der Waals surface area contributed by atoms with E-state index >= 15 is 0 Å². The summed E-state index contributed by atoms with van der Waals surface area (Å²) >= 11 is 0. The van der Waals surface area contributed by atoms with Crippen molar-refractivity contribution in [3.05, 3.63) is 0 Å². The summed E-state index contributed by atoms with van der Waals surface area (Å²) in [6, 6.07) is -1.15. The number of carboxylic acids is 1. The Morgan fingerprint density at radius 3 is 2.24 bits per heavy atom. The Labute approximate surface area is 98.9 Å². The van der Waals surface area contributed by atoms with Crippen molar-refractivity contribution in [2.24, 2.45) is 5.73 Å². The van der Waals surface area contributed by atoms with Gasteiger partial charge in [-0.15, -0.1) is 0 Å². The molecule has 0 radical (unpaired) electrons. The molecular formula is C10H17NO6. The van der Waals surface area contributed by atoms with Crippen molar-refractivity contribution in [3.8, 4) is 0 Å². The molecule has 0 rings (SSSR count). The molecule has 0 aromatic heterocycles. The van der Waals surface area contributed by atoms with Gasteiger partial charge in [0.2, 0.25) is 0 Å². The predicted molar refractivity (Wildman–Crippen MR) is 57.2 cm³/mol. The second-order valence-corrected chi connectivity index (χ2v) is 4.42. The molecule has 0 spiro atoms. The number of aliphatic carboxylic acids is 1. The number of esters is 1. The minimum absolute atomic E-state index is 0.100. The summed E-state index contributed by atoms with van der Waals surface area (Å²) in [4.78, 5) is 32.5. The van der Waals surface area contributed by atoms with Crippen LogP contribution in [0.15, 0.2) is 0 Å². The molecule has 3 N–H and O–H groups in total. The number of carboxylic acid groups (broad SMARTS) is 1. The molecule has 0 bridgehead atoms. The van der Waals surface area contributed by atoms with Crippen molar-refractivity contribution in [1.29, 1.82) is 0 Å². The molecule has 0 aliphatic rings. The van der Waals surface area contributed by atoms with Crippen LogP contribution in [-0.2, 0) is 19.1 Å². The van der Waals surface area contributed by atoms with Gasteiger partial charge in [-0.1, -0.05) is 0 Å². The molecule has 0 aliphatic carbocycles. The molecule has 0 aliphatic heterocycles. The van der Waals surface area contributed by atoms with Crippen LogP contribution in [0.2, 0.25) is 0 Å². The van der Waals surface area contributed by atoms with Crippen molar-refractivity contribution >= 4 is 18.1 Å². The van der Waals surface area contributed by atoms with Gasteiger partial charge >= 0.3 is 18.1 Å². The maximum absolute atomic E-state index is 11.2. The molecule has 17 heavy (non-hydrogen) atoms. The van der Waals surface area contributed by atoms with Crippen LogP contribution in [0.4, 0.5) is 4.79 Å². The predicted octanol–water partition coefficient (Wildman–Crippen LogP) is 0.657. The largest absolute Gasteiger partial charge is 0.516 e. The zero-order chi connectivity index (χ0) is 13.6. The van der Waals surface area contributed by atoms with E-state index in [-0.39, 0.29) is 12.8 Å². The van der Waals surface area contributed by atoms with Gasteiger partial charge in [0.15, 0.2) is 0 Å². The van der Waals surface area contributed by atoms with Crippen LogP contribution >= 0.6 is 0 Å². The molecule has 0 fully saturated rings. The van der Waals surface area contributed by atoms with Gasteiger partial charge in [0, 0.05) is 6.42 Å². The summed E-state index contributed by atoms with van der Waals surface area (Å²) in [5.41, 5.74) is 4.56. The Morgan fingerprint density at radius 2 is 1.82 bits per heavy atom. The van der Waals surface area contributed by atoms with E-state index in [1.54, 1.807) is 20.8 Å². The first kappa shape index (κ1) is 15.4. The molecule has 0 heterocycles. The quantitative estimate of drug-likeness (QED) is 0.553. The Balaban J connectivity index is 4.08. The van der Waals surface area contributed by atoms with Crippen LogP contribution in [0.3, 0.4) is 0 Å². The second-order valence-electron chi connectivity index (χ2n) is 4.42. The Bertz CT molecular complexity index is 306. The van der Waals surface area contributed by atoms with Gasteiger partial charge in [-0.25, -0.2) is 9.59 Å². The van der Waals surface area contributed by atoms with Gasteiger partial charge in [0.05, 0.1) is 0 Å². The minimum Gasteiger partial charge on any atom is -0.481 e. The van der Waals surface area contributed by atoms with E-state index in [1.807, 2.05) is 0 Å². The van der Waals surface area contributed by atoms with Crippen molar-refractivity contribution in [3.63, 3.8) is 0 Å². The number of carbonyl (C=O) groups is 3. The zero-order valence-corrected chi connectivity index (χ0v) is 10.1. The van der Waals surface area contributed by atoms with Crippen LogP contribution in [-0.4, -0.2) is 34.8 Å². The summed E-state index contributed by atoms with van der Waals surface area (Å²) in [6.45, 7) is 4.84. The lowest BCUT2D eigenvalue weighted by Gasteiger charge is -2.18. The van der Waals surface area contributed by atoms with Gasteiger partial charge in [0.25, 0.3) is 0 Å². The van der Waals surface area contributed by atoms with Crippen molar-refractivity contribution < 1.29 is 29.0 Å². The SMILES string of the molecule is CC(C)(C)OC(=O)OC(=O)[C@@H](N)CCC(=O)O. The van der Waals surface area contributed by atoms with Crippen molar-refractivity contribution in [2.75, 3.05) is 0 Å². The number of hydrogen-bond donors (Lipinski definition) is 2. The molecule has 0 aromatic rings. The monoisotopic (exact) mass is 247 g/mol. The highest BCUT2D eigenvalue weighted by Gasteiger charge is 2.24. The van der Waals surface area contributed by atoms with Gasteiger partial charge in [0.1, 0.15) is 11.6 Å². The first-order chi connectivity index (χ1) is 7.61. The maximum atomic E-state index is 11.2. The van der Waals surface area contributed by atoms with Gasteiger partial charge in [-0.05, 0) is 27.2 Å². The normalized spacial score (nSPS) is 12.7. The van der Waals surface area contributed by atoms with E-state index < -0.39 is 29.7 Å². The molecule has 0 saturated carbocycles. The van der Waals surface area contributed by atoms with Gasteiger partial charge in [-0.3, -0.25) is 4.79 Å². The molecule has 7 nitrogen and oxygen atoms in total. The third kappa shape index (κ3) is 8.21. The highest BCUT2D eigenvalue weighted by atomic mass is 16.7. The Hall–Kier alpha value is -1.63. The van der Waals surface area contributed by atoms with Crippen LogP contribution in [0, 0.1) is 0 Å². The Kier molecular flexibility index (Phi) is 5.60. The number of carbonyl (C=O) groups excluding carboxylic acids is 2. The van der Waals surface area contributed by atoms with E-state index in [9.17, 15) is 14.4 Å². The summed E-state index contributed by atoms with van der Waals surface area (Å²) in [5.74, 6) is -2.08. The fourth-order valence-corrected chi connectivity index (χ4v) is 0.825. The topological polar surface area (TPSA) is 116 Å². The standard InChI is InChI=1S/C10H17NO6/c1-10(2,3)17-9(15)16-8(14)6(11)4-5-7(12)13/h6H,4-5,11H2,1-3H3,(H,12,13)/t6-/m0/s1. The lowest BCUT2D eigenvalue weighted by molar-refractivity contribution is -0.143. The van der Waals surface area contributed by atoms with Crippen LogP contribution in [0.1, 0.15) is 33.6 Å². The molecule has 0 unspecified atom stereocenters. The minimum atomic E-state index is -1.15. The smallest absolute Gasteiger partial charge is 0.481 e. The number of rotatable bonds is 4. The highest BCUT2D eigenvalue weighted by Crippen LogP contribution is 2.08. The summed E-state index contributed by atoms with van der Waals surface area (Å²) < 4.78 is 9.03. The maximum Gasteiger partial charge on any atom is 0.516 e. The van der Waals surface area contributed by atoms with Crippen molar-refractivity contribution in [2.45, 2.75) is 45.3 Å². The summed E-state index contributed by atoms with van der Waals surface area (Å²) in [6.07, 6.45) is -1.52. The van der Waals surface area contributed by atoms with Crippen LogP contribution in [0.5, 0.6) is 0 Å². The lowest BCUT2D eigenvalue weighted by atomic mass is 10.2. The number of ether oxygens (including phenoxy) is 2. The molecule has 0 aromatic carbocycles. The van der Waals surface area contributed by atoms with E-state index in [1.165, 1.54) is 0 Å². The fourth-order valence-electron chi connectivity index (χ4n) is 0.825. The van der Waals surface area contributed by atoms with Crippen molar-refractivity contribution in [1.82, 2.24) is 0 Å². The Morgan fingerprint density at radius 1 is 1.29 bits per heavy atom. The second kappa shape index (κ2) is 6.19. The number of nitrogens with two attached hydrogens (primary N) is 1. The lowest BCUT2D eigenvalue weighted by Crippen LogP contribution is -2.36. The van der Waals surface area contributed by atoms with E-state index in [2.05, 4.69) is 4.74 Å². The van der Waals surface area contributed by atoms with E-state index in [0.29, 0.717) is 0 Å². The van der Waals surface area contributed by atoms with Crippen LogP contribution < -0.4 is 5.73 Å². The first-order valence-corrected chi connectivity index (χ1v) is 5.04. The molecule has 98 valence electrons. The highest BCUT2D eigenvalue weighted by molar-refractivity contribution is 5.85. The third-order valence-corrected chi connectivity index (χ3v) is 1.55.